The van der Waals surface area contributed by atoms with E-state index in [1.807, 2.05) is 11.0 Å². The third-order valence-corrected chi connectivity index (χ3v) is 6.90. The second-order valence-corrected chi connectivity index (χ2v) is 8.83. The number of carbonyl (C=O) groups excluding carboxylic acids is 1. The van der Waals surface area contributed by atoms with Crippen molar-refractivity contribution >= 4 is 16.9 Å². The molecule has 0 N–H and O–H groups in total. The topological polar surface area (TPSA) is 86.4 Å². The molecular formula is C23H32N4O4. The van der Waals surface area contributed by atoms with E-state index in [0.717, 1.165) is 61.9 Å². The van der Waals surface area contributed by atoms with E-state index >= 15 is 0 Å². The van der Waals surface area contributed by atoms with Crippen molar-refractivity contribution in [1.82, 2.24) is 19.0 Å². The number of piperidine rings is 1. The van der Waals surface area contributed by atoms with Gasteiger partial charge < -0.3 is 9.64 Å². The molecule has 8 nitrogen and oxygen atoms in total. The Morgan fingerprint density at radius 3 is 2.48 bits per heavy atom. The number of pyridine rings is 1. The summed E-state index contributed by atoms with van der Waals surface area (Å²) >= 11 is 0. The number of aromatic nitrogens is 3. The molecule has 0 radical (unpaired) electrons. The molecule has 1 aliphatic carbocycles. The maximum atomic E-state index is 12.8. The van der Waals surface area contributed by atoms with E-state index in [1.165, 1.54) is 18.0 Å². The summed E-state index contributed by atoms with van der Waals surface area (Å²) in [4.78, 5) is 44.9. The minimum absolute atomic E-state index is 0.204. The largest absolute Gasteiger partial charge is 0.383 e. The van der Waals surface area contributed by atoms with Crippen LogP contribution in [-0.4, -0.2) is 51.7 Å². The van der Waals surface area contributed by atoms with E-state index in [2.05, 4.69) is 0 Å². The van der Waals surface area contributed by atoms with Crippen molar-refractivity contribution in [2.75, 3.05) is 26.8 Å². The van der Waals surface area contributed by atoms with Gasteiger partial charge in [-0.15, -0.1) is 0 Å². The van der Waals surface area contributed by atoms with Gasteiger partial charge in [0.15, 0.2) is 0 Å². The Morgan fingerprint density at radius 1 is 1.10 bits per heavy atom. The average Bonchev–Trinajstić information content (AvgIpc) is 2.82. The number of methoxy groups -OCH3 is 1. The summed E-state index contributed by atoms with van der Waals surface area (Å²) in [5.74, 6) is 0.742. The van der Waals surface area contributed by atoms with Gasteiger partial charge >= 0.3 is 5.69 Å². The molecule has 0 unspecified atom stereocenters. The zero-order valence-corrected chi connectivity index (χ0v) is 18.5. The minimum Gasteiger partial charge on any atom is -0.383 e. The molecule has 0 aromatic carbocycles. The van der Waals surface area contributed by atoms with Gasteiger partial charge in [-0.1, -0.05) is 19.3 Å². The Kier molecular flexibility index (Phi) is 6.55. The lowest BCUT2D eigenvalue weighted by Gasteiger charge is -2.35. The first kappa shape index (κ1) is 21.7. The highest BCUT2D eigenvalue weighted by molar-refractivity contribution is 5.79. The highest BCUT2D eigenvalue weighted by Gasteiger charge is 2.30. The quantitative estimate of drug-likeness (QED) is 0.727. The van der Waals surface area contributed by atoms with Crippen LogP contribution >= 0.6 is 0 Å². The third-order valence-electron chi connectivity index (χ3n) is 6.90. The van der Waals surface area contributed by atoms with Gasteiger partial charge in [0.05, 0.1) is 18.5 Å². The Balaban J connectivity index is 1.55. The van der Waals surface area contributed by atoms with E-state index < -0.39 is 0 Å². The Hall–Kier alpha value is -2.48. The second kappa shape index (κ2) is 9.34. The molecule has 168 valence electrons. The smallest absolute Gasteiger partial charge is 0.332 e. The molecule has 2 aliphatic rings. The van der Waals surface area contributed by atoms with Gasteiger partial charge in [0.25, 0.3) is 5.56 Å². The van der Waals surface area contributed by atoms with Gasteiger partial charge in [0.2, 0.25) is 5.91 Å². The van der Waals surface area contributed by atoms with Gasteiger partial charge in [-0.3, -0.25) is 18.7 Å². The molecule has 0 atom stereocenters. The molecule has 31 heavy (non-hydrogen) atoms. The zero-order chi connectivity index (χ0) is 22.0. The van der Waals surface area contributed by atoms with Crippen molar-refractivity contribution in [3.8, 4) is 0 Å². The van der Waals surface area contributed by atoms with E-state index in [0.29, 0.717) is 30.1 Å². The molecule has 8 heteroatoms. The monoisotopic (exact) mass is 428 g/mol. The van der Waals surface area contributed by atoms with Crippen LogP contribution in [0.25, 0.3) is 11.0 Å². The van der Waals surface area contributed by atoms with E-state index in [1.54, 1.807) is 13.2 Å². The van der Waals surface area contributed by atoms with Crippen LogP contribution in [0.3, 0.4) is 0 Å². The van der Waals surface area contributed by atoms with Crippen LogP contribution in [0.5, 0.6) is 0 Å². The molecule has 2 fully saturated rings. The van der Waals surface area contributed by atoms with Crippen LogP contribution in [0.1, 0.15) is 56.6 Å². The lowest BCUT2D eigenvalue weighted by Crippen LogP contribution is -2.42. The summed E-state index contributed by atoms with van der Waals surface area (Å²) in [5.41, 5.74) is 0.590. The van der Waals surface area contributed by atoms with Crippen LogP contribution in [0.4, 0.5) is 0 Å². The zero-order valence-electron chi connectivity index (χ0n) is 18.5. The molecule has 1 aliphatic heterocycles. The highest BCUT2D eigenvalue weighted by Crippen LogP contribution is 2.31. The summed E-state index contributed by atoms with van der Waals surface area (Å²) in [5, 5.41) is 0.437. The number of ether oxygens (including phenoxy) is 1. The van der Waals surface area contributed by atoms with Crippen molar-refractivity contribution in [1.29, 1.82) is 0 Å². The van der Waals surface area contributed by atoms with Crippen LogP contribution in [0, 0.1) is 5.92 Å². The van der Waals surface area contributed by atoms with E-state index in [9.17, 15) is 14.4 Å². The molecule has 1 saturated heterocycles. The maximum absolute atomic E-state index is 12.8. The fourth-order valence-corrected chi connectivity index (χ4v) is 4.99. The van der Waals surface area contributed by atoms with Gasteiger partial charge in [-0.2, -0.15) is 0 Å². The fourth-order valence-electron chi connectivity index (χ4n) is 4.99. The number of rotatable bonds is 5. The third kappa shape index (κ3) is 4.31. The summed E-state index contributed by atoms with van der Waals surface area (Å²) in [7, 11) is 3.07. The molecule has 1 amide bonds. The number of nitrogens with zero attached hydrogens (tertiary/aromatic N) is 4. The number of likely N-dealkylation sites (tertiary alicyclic amines) is 1. The number of hydrogen-bond acceptors (Lipinski definition) is 5. The molecule has 3 heterocycles. The van der Waals surface area contributed by atoms with Crippen LogP contribution in [0.2, 0.25) is 0 Å². The van der Waals surface area contributed by atoms with Crippen molar-refractivity contribution in [2.24, 2.45) is 13.0 Å². The SMILES string of the molecule is COCCn1c(=O)n(C)c(=O)c2ccc(C3CCN(C(=O)C4CCCCC4)CC3)nc21. The molecular weight excluding hydrogens is 396 g/mol. The van der Waals surface area contributed by atoms with Crippen molar-refractivity contribution < 1.29 is 9.53 Å². The van der Waals surface area contributed by atoms with E-state index in [-0.39, 0.29) is 23.1 Å². The Bertz CT molecular complexity index is 1060. The summed E-state index contributed by atoms with van der Waals surface area (Å²) in [6.45, 7) is 2.19. The van der Waals surface area contributed by atoms with Gasteiger partial charge in [0, 0.05) is 44.8 Å². The molecule has 1 saturated carbocycles. The molecule has 2 aromatic heterocycles. The second-order valence-electron chi connectivity index (χ2n) is 8.83. The van der Waals surface area contributed by atoms with Gasteiger partial charge in [-0.25, -0.2) is 9.78 Å². The first-order valence-corrected chi connectivity index (χ1v) is 11.4. The predicted octanol–water partition coefficient (Wildman–Crippen LogP) is 2.03. The maximum Gasteiger partial charge on any atom is 0.332 e. The standard InChI is InChI=1S/C23H32N4O4/c1-25-22(29)18-8-9-19(24-20(18)27(23(25)30)14-15-31-2)16-10-12-26(13-11-16)21(28)17-6-4-3-5-7-17/h8-9,16-17H,3-7,10-15H2,1-2H3. The average molecular weight is 429 g/mol. The minimum atomic E-state index is -0.382. The lowest BCUT2D eigenvalue weighted by atomic mass is 9.86. The van der Waals surface area contributed by atoms with Crippen molar-refractivity contribution in [2.45, 2.75) is 57.4 Å². The number of fused-ring (bicyclic) bond motifs is 1. The number of hydrogen-bond donors (Lipinski definition) is 0. The number of carbonyl (C=O) groups is 1. The molecule has 0 bridgehead atoms. The highest BCUT2D eigenvalue weighted by atomic mass is 16.5. The lowest BCUT2D eigenvalue weighted by molar-refractivity contribution is -0.137. The normalized spacial score (nSPS) is 18.6. The van der Waals surface area contributed by atoms with Crippen LogP contribution in [0.15, 0.2) is 21.7 Å². The van der Waals surface area contributed by atoms with Crippen molar-refractivity contribution in [3.63, 3.8) is 0 Å². The predicted molar refractivity (Wildman–Crippen MR) is 118 cm³/mol. The Morgan fingerprint density at radius 2 is 1.81 bits per heavy atom. The fraction of sp³-hybridized carbons (Fsp3) is 0.652. The summed E-state index contributed by atoms with van der Waals surface area (Å²) < 4.78 is 7.78. The van der Waals surface area contributed by atoms with E-state index in [4.69, 9.17) is 9.72 Å². The first-order valence-electron chi connectivity index (χ1n) is 11.4. The van der Waals surface area contributed by atoms with Crippen LogP contribution in [-0.2, 0) is 23.1 Å². The summed E-state index contributed by atoms with van der Waals surface area (Å²) in [6, 6.07) is 3.68. The van der Waals surface area contributed by atoms with Crippen LogP contribution < -0.4 is 11.2 Å². The molecule has 2 aromatic rings. The first-order chi connectivity index (χ1) is 15.0. The molecule has 0 spiro atoms. The number of amides is 1. The van der Waals surface area contributed by atoms with Crippen molar-refractivity contribution in [3.05, 3.63) is 38.7 Å². The van der Waals surface area contributed by atoms with Gasteiger partial charge in [0.1, 0.15) is 5.65 Å². The Labute approximate surface area is 181 Å². The summed E-state index contributed by atoms with van der Waals surface area (Å²) in [6.07, 6.45) is 7.33. The molecule has 4 rings (SSSR count). The van der Waals surface area contributed by atoms with Gasteiger partial charge in [-0.05, 0) is 37.8 Å².